The first-order chi connectivity index (χ1) is 16.5. The summed E-state index contributed by atoms with van der Waals surface area (Å²) in [5.41, 5.74) is -0.0743. The molecule has 4 aromatic rings. The number of anilines is 1. The van der Waals surface area contributed by atoms with E-state index in [9.17, 15) is 22.8 Å². The number of ether oxygens (including phenoxy) is 1. The number of fused-ring (bicyclic) bond motifs is 1. The number of alkyl halides is 3. The number of rotatable bonds is 5. The topological polar surface area (TPSA) is 127 Å². The Kier molecular flexibility index (Phi) is 6.03. The lowest BCUT2D eigenvalue weighted by Gasteiger charge is -2.12. The number of carboxylic acid groups (broad SMARTS) is 1. The molecule has 3 aromatic heterocycles. The lowest BCUT2D eigenvalue weighted by molar-refractivity contribution is -0.143. The molecular weight excluding hydrogens is 471 g/mol. The fourth-order valence-electron chi connectivity index (χ4n) is 3.28. The van der Waals surface area contributed by atoms with Gasteiger partial charge in [0.1, 0.15) is 17.8 Å². The Labute approximate surface area is 195 Å². The first-order valence-electron chi connectivity index (χ1n) is 9.98. The van der Waals surface area contributed by atoms with Crippen molar-refractivity contribution in [1.29, 1.82) is 0 Å². The van der Waals surface area contributed by atoms with Gasteiger partial charge in [0.2, 0.25) is 5.88 Å². The van der Waals surface area contributed by atoms with Crippen LogP contribution in [0.1, 0.15) is 11.4 Å². The number of carbonyl (C=O) groups is 2. The highest BCUT2D eigenvalue weighted by atomic mass is 19.4. The van der Waals surface area contributed by atoms with Gasteiger partial charge in [0, 0.05) is 37.8 Å². The highest BCUT2D eigenvalue weighted by molar-refractivity contribution is 5.98. The molecule has 35 heavy (non-hydrogen) atoms. The van der Waals surface area contributed by atoms with E-state index in [1.165, 1.54) is 30.2 Å². The van der Waals surface area contributed by atoms with Crippen LogP contribution in [0.3, 0.4) is 0 Å². The Bertz CT molecular complexity index is 1410. The molecule has 11 nitrogen and oxygen atoms in total. The van der Waals surface area contributed by atoms with Crippen molar-refractivity contribution < 1.29 is 32.6 Å². The molecule has 4 rings (SSSR count). The average Bonchev–Trinajstić information content (AvgIpc) is 3.36. The Balaban J connectivity index is 1.50. The van der Waals surface area contributed by atoms with Crippen molar-refractivity contribution in [2.75, 3.05) is 12.4 Å². The number of hydrogen-bond acceptors (Lipinski definition) is 6. The predicted octanol–water partition coefficient (Wildman–Crippen LogP) is 4.17. The van der Waals surface area contributed by atoms with E-state index in [0.29, 0.717) is 27.0 Å². The van der Waals surface area contributed by atoms with Crippen LogP contribution in [0.15, 0.2) is 48.9 Å². The number of nitrogens with one attached hydrogen (secondary N) is 1. The molecule has 0 aliphatic carbocycles. The number of amides is 2. The predicted molar refractivity (Wildman–Crippen MR) is 116 cm³/mol. The zero-order valence-electron chi connectivity index (χ0n) is 18.3. The molecule has 0 fully saturated rings. The average molecular weight is 489 g/mol. The molecule has 0 spiro atoms. The van der Waals surface area contributed by atoms with E-state index in [1.54, 1.807) is 24.3 Å². The van der Waals surface area contributed by atoms with Gasteiger partial charge in [0.05, 0.1) is 17.8 Å². The minimum absolute atomic E-state index is 0.0476. The van der Waals surface area contributed by atoms with Crippen molar-refractivity contribution >= 4 is 28.8 Å². The molecule has 2 N–H and O–H groups in total. The number of hydrogen-bond donors (Lipinski definition) is 2. The maximum absolute atomic E-state index is 13.0. The summed E-state index contributed by atoms with van der Waals surface area (Å²) in [5, 5.41) is 15.6. The van der Waals surface area contributed by atoms with Crippen LogP contribution in [-0.2, 0) is 19.8 Å². The molecule has 0 saturated heterocycles. The highest BCUT2D eigenvalue weighted by Crippen LogP contribution is 2.31. The van der Waals surface area contributed by atoms with Crippen molar-refractivity contribution in [3.05, 3.63) is 60.3 Å². The van der Waals surface area contributed by atoms with E-state index >= 15 is 0 Å². The summed E-state index contributed by atoms with van der Waals surface area (Å²) in [6.45, 7) is 0.0476. The van der Waals surface area contributed by atoms with Gasteiger partial charge in [-0.05, 0) is 24.3 Å². The molecule has 0 radical (unpaired) electrons. The van der Waals surface area contributed by atoms with Crippen LogP contribution in [0, 0.1) is 0 Å². The lowest BCUT2D eigenvalue weighted by atomic mass is 10.2. The molecule has 3 heterocycles. The van der Waals surface area contributed by atoms with Gasteiger partial charge in [-0.3, -0.25) is 14.6 Å². The quantitative estimate of drug-likeness (QED) is 0.431. The third-order valence-electron chi connectivity index (χ3n) is 4.93. The summed E-state index contributed by atoms with van der Waals surface area (Å²) < 4.78 is 46.5. The third-order valence-corrected chi connectivity index (χ3v) is 4.93. The van der Waals surface area contributed by atoms with Crippen LogP contribution in [0.2, 0.25) is 0 Å². The molecule has 182 valence electrons. The Morgan fingerprint density at radius 1 is 1.17 bits per heavy atom. The normalized spacial score (nSPS) is 11.5. The smallest absolute Gasteiger partial charge is 0.433 e. The van der Waals surface area contributed by atoms with Crippen molar-refractivity contribution in [3.63, 3.8) is 0 Å². The summed E-state index contributed by atoms with van der Waals surface area (Å²) in [4.78, 5) is 32.7. The number of benzene rings is 1. The Hall–Kier alpha value is -4.62. The maximum Gasteiger partial charge on any atom is 0.433 e. The van der Waals surface area contributed by atoms with Gasteiger partial charge < -0.3 is 14.7 Å². The van der Waals surface area contributed by atoms with Crippen molar-refractivity contribution in [2.45, 2.75) is 12.7 Å². The number of halogens is 3. The molecule has 0 aliphatic rings. The molecule has 14 heteroatoms. The Morgan fingerprint density at radius 3 is 2.63 bits per heavy atom. The third kappa shape index (κ3) is 5.15. The molecular formula is C21H18F3N7O4. The summed E-state index contributed by atoms with van der Waals surface area (Å²) in [5.74, 6) is 0.354. The van der Waals surface area contributed by atoms with Gasteiger partial charge in [0.15, 0.2) is 5.82 Å². The van der Waals surface area contributed by atoms with E-state index in [2.05, 4.69) is 20.4 Å². The molecule has 0 aliphatic heterocycles. The van der Waals surface area contributed by atoms with E-state index in [0.717, 1.165) is 18.0 Å². The second kappa shape index (κ2) is 8.96. The minimum Gasteiger partial charge on any atom is -0.465 e. The molecule has 1 aromatic carbocycles. The zero-order valence-corrected chi connectivity index (χ0v) is 18.3. The van der Waals surface area contributed by atoms with Gasteiger partial charge in [-0.15, -0.1) is 0 Å². The summed E-state index contributed by atoms with van der Waals surface area (Å²) in [6.07, 6.45) is -2.99. The van der Waals surface area contributed by atoms with Gasteiger partial charge in [0.25, 0.3) is 0 Å². The number of nitrogens with zero attached hydrogens (tertiary/aromatic N) is 6. The summed E-state index contributed by atoms with van der Waals surface area (Å²) in [7, 11) is 2.54. The van der Waals surface area contributed by atoms with Crippen LogP contribution in [-0.4, -0.2) is 53.5 Å². The summed E-state index contributed by atoms with van der Waals surface area (Å²) in [6, 6.07) is 8.03. The van der Waals surface area contributed by atoms with Gasteiger partial charge in [-0.2, -0.15) is 18.3 Å². The van der Waals surface area contributed by atoms with E-state index in [-0.39, 0.29) is 18.2 Å². The van der Waals surface area contributed by atoms with Crippen molar-refractivity contribution in [1.82, 2.24) is 29.2 Å². The Morgan fingerprint density at radius 2 is 1.94 bits per heavy atom. The van der Waals surface area contributed by atoms with Gasteiger partial charge in [-0.1, -0.05) is 0 Å². The van der Waals surface area contributed by atoms with Crippen LogP contribution >= 0.6 is 0 Å². The number of aryl methyl sites for hydroxylation is 1. The largest absolute Gasteiger partial charge is 0.465 e. The minimum atomic E-state index is -4.60. The van der Waals surface area contributed by atoms with Crippen molar-refractivity contribution in [2.24, 2.45) is 7.05 Å². The molecule has 0 saturated carbocycles. The second-order valence-electron chi connectivity index (χ2n) is 7.46. The standard InChI is InChI=1S/C21H18F3N7O4/c1-29(20(33)34)10-13-8-18(26-11-25-13)35-14-3-4-15-12(7-14)5-6-31(15)19(32)27-17-9-16(21(22,23)24)30(2)28-17/h3-9,11H,10H2,1-2H3,(H,33,34)(H,27,28,32). The summed E-state index contributed by atoms with van der Waals surface area (Å²) >= 11 is 0. The second-order valence-corrected chi connectivity index (χ2v) is 7.46. The maximum atomic E-state index is 13.0. The van der Waals surface area contributed by atoms with E-state index in [4.69, 9.17) is 9.84 Å². The SMILES string of the molecule is CN(Cc1cc(Oc2ccc3c(ccn3C(=O)Nc3cc(C(F)(F)F)n(C)n3)c2)ncn1)C(=O)O. The van der Waals surface area contributed by atoms with E-state index in [1.807, 2.05) is 0 Å². The van der Waals surface area contributed by atoms with E-state index < -0.39 is 24.0 Å². The van der Waals surface area contributed by atoms with Crippen LogP contribution in [0.5, 0.6) is 11.6 Å². The fraction of sp³-hybridized carbons (Fsp3) is 0.190. The first-order valence-corrected chi connectivity index (χ1v) is 9.98. The number of carbonyl (C=O) groups excluding carboxylic acids is 1. The molecule has 0 atom stereocenters. The molecule has 2 amide bonds. The monoisotopic (exact) mass is 489 g/mol. The first kappa shape index (κ1) is 23.5. The van der Waals surface area contributed by atoms with Crippen LogP contribution in [0.4, 0.5) is 28.6 Å². The highest BCUT2D eigenvalue weighted by Gasteiger charge is 2.35. The van der Waals surface area contributed by atoms with Gasteiger partial charge >= 0.3 is 18.3 Å². The van der Waals surface area contributed by atoms with Crippen molar-refractivity contribution in [3.8, 4) is 11.6 Å². The van der Waals surface area contributed by atoms with Crippen LogP contribution < -0.4 is 10.1 Å². The molecule has 0 bridgehead atoms. The molecule has 0 unspecified atom stereocenters. The number of aromatic nitrogens is 5. The lowest BCUT2D eigenvalue weighted by Crippen LogP contribution is -2.24. The van der Waals surface area contributed by atoms with Crippen LogP contribution in [0.25, 0.3) is 10.9 Å². The zero-order chi connectivity index (χ0) is 25.3. The fourth-order valence-corrected chi connectivity index (χ4v) is 3.28. The van der Waals surface area contributed by atoms with Gasteiger partial charge in [-0.25, -0.2) is 19.6 Å².